The molecular weight excluding hydrogens is 268 g/mol. The maximum Gasteiger partial charge on any atom is 0.196 e. The van der Waals surface area contributed by atoms with Gasteiger partial charge in [0.2, 0.25) is 0 Å². The standard InChI is InChI=1S/C13H14O3S2/c1-11(16-13-7-8-17-9-13)18(14,15)10-12-5-3-2-4-6-12/h2-9,11H,10H2,1H3. The average molecular weight is 282 g/mol. The van der Waals surface area contributed by atoms with E-state index < -0.39 is 15.3 Å². The Balaban J connectivity index is 2.06. The van der Waals surface area contributed by atoms with Crippen molar-refractivity contribution in [3.05, 3.63) is 52.7 Å². The highest BCUT2D eigenvalue weighted by atomic mass is 32.2. The Morgan fingerprint density at radius 2 is 1.94 bits per heavy atom. The summed E-state index contributed by atoms with van der Waals surface area (Å²) >= 11 is 1.48. The first-order valence-corrected chi connectivity index (χ1v) is 8.18. The quantitative estimate of drug-likeness (QED) is 0.846. The summed E-state index contributed by atoms with van der Waals surface area (Å²) in [5.74, 6) is 0.600. The van der Waals surface area contributed by atoms with Crippen LogP contribution in [0.4, 0.5) is 0 Å². The molecule has 0 fully saturated rings. The fourth-order valence-corrected chi connectivity index (χ4v) is 3.22. The molecule has 2 rings (SSSR count). The highest BCUT2D eigenvalue weighted by molar-refractivity contribution is 7.91. The first kappa shape index (κ1) is 13.1. The normalized spacial score (nSPS) is 13.2. The van der Waals surface area contributed by atoms with Crippen LogP contribution < -0.4 is 4.74 Å². The maximum absolute atomic E-state index is 12.1. The predicted octanol–water partition coefficient (Wildman–Crippen LogP) is 3.09. The largest absolute Gasteiger partial charge is 0.474 e. The molecule has 0 saturated carbocycles. The van der Waals surface area contributed by atoms with Crippen molar-refractivity contribution in [2.75, 3.05) is 0 Å². The average Bonchev–Trinajstić information content (AvgIpc) is 2.82. The van der Waals surface area contributed by atoms with Crippen LogP contribution in [0.15, 0.2) is 47.2 Å². The van der Waals surface area contributed by atoms with Crippen LogP contribution >= 0.6 is 11.3 Å². The smallest absolute Gasteiger partial charge is 0.196 e. The van der Waals surface area contributed by atoms with Crippen LogP contribution in [0.2, 0.25) is 0 Å². The van der Waals surface area contributed by atoms with Gasteiger partial charge in [-0.15, -0.1) is 11.3 Å². The van der Waals surface area contributed by atoms with Gasteiger partial charge in [-0.3, -0.25) is 0 Å². The monoisotopic (exact) mass is 282 g/mol. The summed E-state index contributed by atoms with van der Waals surface area (Å²) in [6.07, 6.45) is 0. The first-order chi connectivity index (χ1) is 8.58. The second-order valence-corrected chi connectivity index (χ2v) is 7.00. The molecule has 1 atom stereocenters. The van der Waals surface area contributed by atoms with Gasteiger partial charge in [0, 0.05) is 5.38 Å². The van der Waals surface area contributed by atoms with Crippen molar-refractivity contribution < 1.29 is 13.2 Å². The van der Waals surface area contributed by atoms with Crippen LogP contribution in [0.1, 0.15) is 12.5 Å². The second kappa shape index (κ2) is 5.54. The molecular formula is C13H14O3S2. The van der Waals surface area contributed by atoms with Crippen LogP contribution in [0.3, 0.4) is 0 Å². The van der Waals surface area contributed by atoms with Crippen molar-refractivity contribution in [3.8, 4) is 5.75 Å². The zero-order chi connectivity index (χ0) is 13.0. The van der Waals surface area contributed by atoms with E-state index in [0.717, 1.165) is 5.56 Å². The lowest BCUT2D eigenvalue weighted by molar-refractivity contribution is 0.293. The molecule has 0 amide bonds. The van der Waals surface area contributed by atoms with E-state index in [-0.39, 0.29) is 5.75 Å². The summed E-state index contributed by atoms with van der Waals surface area (Å²) in [4.78, 5) is 0. The lowest BCUT2D eigenvalue weighted by atomic mass is 10.2. The molecule has 2 aromatic rings. The highest BCUT2D eigenvalue weighted by Gasteiger charge is 2.23. The van der Waals surface area contributed by atoms with Gasteiger partial charge in [0.25, 0.3) is 0 Å². The number of hydrogen-bond acceptors (Lipinski definition) is 4. The van der Waals surface area contributed by atoms with E-state index in [4.69, 9.17) is 4.74 Å². The molecule has 5 heteroatoms. The van der Waals surface area contributed by atoms with Crippen LogP contribution in [-0.2, 0) is 15.6 Å². The van der Waals surface area contributed by atoms with Crippen LogP contribution in [0, 0.1) is 0 Å². The lowest BCUT2D eigenvalue weighted by Crippen LogP contribution is -2.25. The minimum atomic E-state index is -3.31. The Kier molecular flexibility index (Phi) is 4.04. The highest BCUT2D eigenvalue weighted by Crippen LogP contribution is 2.20. The van der Waals surface area contributed by atoms with E-state index >= 15 is 0 Å². The van der Waals surface area contributed by atoms with Crippen molar-refractivity contribution in [2.24, 2.45) is 0 Å². The third kappa shape index (κ3) is 3.34. The van der Waals surface area contributed by atoms with Crippen molar-refractivity contribution in [2.45, 2.75) is 18.1 Å². The van der Waals surface area contributed by atoms with Gasteiger partial charge in [-0.1, -0.05) is 30.3 Å². The molecule has 3 nitrogen and oxygen atoms in total. The van der Waals surface area contributed by atoms with Gasteiger partial charge in [-0.25, -0.2) is 8.42 Å². The van der Waals surface area contributed by atoms with E-state index in [9.17, 15) is 8.42 Å². The molecule has 1 aromatic carbocycles. The molecule has 0 N–H and O–H groups in total. The molecule has 0 spiro atoms. The Bertz CT molecular complexity index is 574. The fraction of sp³-hybridized carbons (Fsp3) is 0.231. The van der Waals surface area contributed by atoms with Crippen molar-refractivity contribution in [3.63, 3.8) is 0 Å². The summed E-state index contributed by atoms with van der Waals surface area (Å²) in [5, 5.41) is 3.64. The lowest BCUT2D eigenvalue weighted by Gasteiger charge is -2.14. The minimum absolute atomic E-state index is 0.000849. The Morgan fingerprint density at radius 1 is 1.22 bits per heavy atom. The van der Waals surface area contributed by atoms with Gasteiger partial charge < -0.3 is 4.74 Å². The van der Waals surface area contributed by atoms with Crippen LogP contribution in [-0.4, -0.2) is 13.9 Å². The molecule has 1 aromatic heterocycles. The van der Waals surface area contributed by atoms with E-state index in [1.807, 2.05) is 23.6 Å². The third-order valence-corrected chi connectivity index (χ3v) is 5.02. The number of ether oxygens (including phenoxy) is 1. The van der Waals surface area contributed by atoms with Crippen LogP contribution in [0.25, 0.3) is 0 Å². The van der Waals surface area contributed by atoms with Gasteiger partial charge in [-0.2, -0.15) is 0 Å². The Labute approximate surface area is 111 Å². The van der Waals surface area contributed by atoms with Crippen molar-refractivity contribution in [1.29, 1.82) is 0 Å². The minimum Gasteiger partial charge on any atom is -0.474 e. The van der Waals surface area contributed by atoms with Crippen molar-refractivity contribution >= 4 is 21.2 Å². The maximum atomic E-state index is 12.1. The number of rotatable bonds is 5. The van der Waals surface area contributed by atoms with Gasteiger partial charge >= 0.3 is 0 Å². The first-order valence-electron chi connectivity index (χ1n) is 5.52. The molecule has 0 aliphatic rings. The number of hydrogen-bond donors (Lipinski definition) is 0. The van der Waals surface area contributed by atoms with Gasteiger partial charge in [0.05, 0.1) is 5.75 Å². The summed E-state index contributed by atoms with van der Waals surface area (Å²) in [5.41, 5.74) is -0.0643. The molecule has 1 unspecified atom stereocenters. The summed E-state index contributed by atoms with van der Waals surface area (Å²) < 4.78 is 29.6. The number of sulfone groups is 1. The van der Waals surface area contributed by atoms with E-state index in [1.165, 1.54) is 11.3 Å². The Morgan fingerprint density at radius 3 is 2.56 bits per heavy atom. The van der Waals surface area contributed by atoms with Gasteiger partial charge in [-0.05, 0) is 23.9 Å². The fourth-order valence-electron chi connectivity index (χ4n) is 1.51. The molecule has 0 aliphatic carbocycles. The van der Waals surface area contributed by atoms with Gasteiger partial charge in [0.1, 0.15) is 5.75 Å². The van der Waals surface area contributed by atoms with Gasteiger partial charge in [0.15, 0.2) is 15.3 Å². The summed E-state index contributed by atoms with van der Waals surface area (Å²) in [6.45, 7) is 1.57. The molecule has 0 aliphatic heterocycles. The summed E-state index contributed by atoms with van der Waals surface area (Å²) in [6, 6.07) is 10.9. The molecule has 18 heavy (non-hydrogen) atoms. The molecule has 96 valence electrons. The zero-order valence-electron chi connectivity index (χ0n) is 9.94. The summed E-state index contributed by atoms with van der Waals surface area (Å²) in [7, 11) is -3.31. The molecule has 0 saturated heterocycles. The van der Waals surface area contributed by atoms with Crippen molar-refractivity contribution in [1.82, 2.24) is 0 Å². The molecule has 0 bridgehead atoms. The van der Waals surface area contributed by atoms with E-state index in [2.05, 4.69) is 0 Å². The van der Waals surface area contributed by atoms with E-state index in [1.54, 1.807) is 30.5 Å². The topological polar surface area (TPSA) is 43.4 Å². The van der Waals surface area contributed by atoms with E-state index in [0.29, 0.717) is 5.75 Å². The zero-order valence-corrected chi connectivity index (χ0v) is 11.6. The third-order valence-electron chi connectivity index (χ3n) is 2.51. The number of thiophene rings is 1. The Hall–Kier alpha value is -1.33. The SMILES string of the molecule is CC(Oc1ccsc1)S(=O)(=O)Cc1ccccc1. The molecule has 0 radical (unpaired) electrons. The van der Waals surface area contributed by atoms with Crippen LogP contribution in [0.5, 0.6) is 5.75 Å². The predicted molar refractivity (Wildman–Crippen MR) is 73.5 cm³/mol. The molecule has 1 heterocycles. The second-order valence-electron chi connectivity index (χ2n) is 3.94. The number of benzene rings is 1.